The third kappa shape index (κ3) is 2.85. The van der Waals surface area contributed by atoms with Gasteiger partial charge in [-0.25, -0.2) is 0 Å². The van der Waals surface area contributed by atoms with Crippen LogP contribution in [0.4, 0.5) is 0 Å². The molecule has 2 atom stereocenters. The molecule has 0 saturated carbocycles. The summed E-state index contributed by atoms with van der Waals surface area (Å²) in [5, 5.41) is 0. The molecule has 14 heavy (non-hydrogen) atoms. The average Bonchev–Trinajstić information content (AvgIpc) is 2.15. The molecule has 0 aliphatic rings. The molecule has 3 heteroatoms. The predicted octanol–water partition coefficient (Wildman–Crippen LogP) is 1.64. The Bertz CT molecular complexity index is 295. The largest absolute Gasteiger partial charge is 0.456 e. The van der Waals surface area contributed by atoms with Gasteiger partial charge < -0.3 is 10.5 Å². The van der Waals surface area contributed by atoms with Crippen molar-refractivity contribution in [3.05, 3.63) is 35.9 Å². The fourth-order valence-corrected chi connectivity index (χ4v) is 1.30. The lowest BCUT2D eigenvalue weighted by Crippen LogP contribution is -2.28. The van der Waals surface area contributed by atoms with E-state index in [1.165, 1.54) is 6.92 Å². The highest BCUT2D eigenvalue weighted by Crippen LogP contribution is 2.19. The first-order valence-corrected chi connectivity index (χ1v) is 4.59. The van der Waals surface area contributed by atoms with Crippen LogP contribution in [-0.2, 0) is 9.53 Å². The van der Waals surface area contributed by atoms with Gasteiger partial charge in [0.25, 0.3) is 0 Å². The van der Waals surface area contributed by atoms with E-state index in [4.69, 9.17) is 10.5 Å². The van der Waals surface area contributed by atoms with Gasteiger partial charge in [-0.1, -0.05) is 30.3 Å². The number of carbonyl (C=O) groups excluding carboxylic acids is 1. The first-order chi connectivity index (χ1) is 6.61. The van der Waals surface area contributed by atoms with E-state index >= 15 is 0 Å². The Hall–Kier alpha value is -1.35. The first-order valence-electron chi connectivity index (χ1n) is 4.59. The van der Waals surface area contributed by atoms with Crippen LogP contribution in [0.5, 0.6) is 0 Å². The molecule has 0 amide bonds. The zero-order chi connectivity index (χ0) is 10.6. The number of benzene rings is 1. The molecule has 1 aromatic carbocycles. The standard InChI is InChI=1S/C11H15NO2/c1-8(12)11(14-9(2)13)10-6-4-3-5-7-10/h3-8,11H,12H2,1-2H3. The second kappa shape index (κ2) is 4.77. The van der Waals surface area contributed by atoms with Crippen LogP contribution in [-0.4, -0.2) is 12.0 Å². The van der Waals surface area contributed by atoms with Crippen LogP contribution in [0.1, 0.15) is 25.5 Å². The van der Waals surface area contributed by atoms with Gasteiger partial charge in [0.15, 0.2) is 0 Å². The summed E-state index contributed by atoms with van der Waals surface area (Å²) in [5.41, 5.74) is 6.67. The SMILES string of the molecule is CC(=O)OC(c1ccccc1)C(C)N. The zero-order valence-corrected chi connectivity index (χ0v) is 8.44. The Morgan fingerprint density at radius 2 is 1.93 bits per heavy atom. The summed E-state index contributed by atoms with van der Waals surface area (Å²) in [6.45, 7) is 3.21. The molecular weight excluding hydrogens is 178 g/mol. The van der Waals surface area contributed by atoms with Crippen molar-refractivity contribution in [2.45, 2.75) is 26.0 Å². The van der Waals surface area contributed by atoms with Gasteiger partial charge in [0.05, 0.1) is 0 Å². The third-order valence-corrected chi connectivity index (χ3v) is 1.90. The monoisotopic (exact) mass is 193 g/mol. The summed E-state index contributed by atoms with van der Waals surface area (Å²) in [7, 11) is 0. The van der Waals surface area contributed by atoms with Gasteiger partial charge in [-0.05, 0) is 12.5 Å². The van der Waals surface area contributed by atoms with Crippen molar-refractivity contribution in [3.8, 4) is 0 Å². The van der Waals surface area contributed by atoms with E-state index < -0.39 is 0 Å². The predicted molar refractivity (Wildman–Crippen MR) is 54.6 cm³/mol. The number of hydrogen-bond acceptors (Lipinski definition) is 3. The van der Waals surface area contributed by atoms with Crippen LogP contribution in [0.15, 0.2) is 30.3 Å². The molecule has 1 aromatic rings. The second-order valence-electron chi connectivity index (χ2n) is 3.30. The van der Waals surface area contributed by atoms with Gasteiger partial charge in [-0.2, -0.15) is 0 Å². The Kier molecular flexibility index (Phi) is 3.65. The highest BCUT2D eigenvalue weighted by atomic mass is 16.5. The van der Waals surface area contributed by atoms with Gasteiger partial charge in [0.1, 0.15) is 6.10 Å². The smallest absolute Gasteiger partial charge is 0.303 e. The van der Waals surface area contributed by atoms with E-state index in [0.717, 1.165) is 5.56 Å². The van der Waals surface area contributed by atoms with Crippen molar-refractivity contribution < 1.29 is 9.53 Å². The van der Waals surface area contributed by atoms with Gasteiger partial charge in [0.2, 0.25) is 0 Å². The molecule has 1 rings (SSSR count). The maximum absolute atomic E-state index is 10.9. The Balaban J connectivity index is 2.83. The van der Waals surface area contributed by atoms with Crippen LogP contribution in [0.3, 0.4) is 0 Å². The molecular formula is C11H15NO2. The third-order valence-electron chi connectivity index (χ3n) is 1.90. The van der Waals surface area contributed by atoms with Crippen LogP contribution in [0.2, 0.25) is 0 Å². The summed E-state index contributed by atoms with van der Waals surface area (Å²) in [6, 6.07) is 9.30. The van der Waals surface area contributed by atoms with Gasteiger partial charge >= 0.3 is 5.97 Å². The first kappa shape index (κ1) is 10.7. The highest BCUT2D eigenvalue weighted by Gasteiger charge is 2.18. The molecule has 0 fully saturated rings. The van der Waals surface area contributed by atoms with Crippen LogP contribution in [0, 0.1) is 0 Å². The highest BCUT2D eigenvalue weighted by molar-refractivity contribution is 5.66. The maximum Gasteiger partial charge on any atom is 0.303 e. The molecule has 0 spiro atoms. The van der Waals surface area contributed by atoms with Crippen LogP contribution in [0.25, 0.3) is 0 Å². The van der Waals surface area contributed by atoms with E-state index in [1.54, 1.807) is 0 Å². The minimum absolute atomic E-state index is 0.207. The Morgan fingerprint density at radius 1 is 1.36 bits per heavy atom. The molecule has 76 valence electrons. The zero-order valence-electron chi connectivity index (χ0n) is 8.44. The van der Waals surface area contributed by atoms with E-state index in [-0.39, 0.29) is 18.1 Å². The number of carbonyl (C=O) groups is 1. The minimum Gasteiger partial charge on any atom is -0.456 e. The fourth-order valence-electron chi connectivity index (χ4n) is 1.30. The average molecular weight is 193 g/mol. The Labute approximate surface area is 83.9 Å². The lowest BCUT2D eigenvalue weighted by molar-refractivity contribution is -0.147. The summed E-state index contributed by atoms with van der Waals surface area (Å²) >= 11 is 0. The molecule has 3 nitrogen and oxygen atoms in total. The van der Waals surface area contributed by atoms with E-state index in [9.17, 15) is 4.79 Å². The van der Waals surface area contributed by atoms with Crippen molar-refractivity contribution in [2.24, 2.45) is 5.73 Å². The van der Waals surface area contributed by atoms with E-state index in [2.05, 4.69) is 0 Å². The topological polar surface area (TPSA) is 52.3 Å². The van der Waals surface area contributed by atoms with Crippen molar-refractivity contribution in [3.63, 3.8) is 0 Å². The normalized spacial score (nSPS) is 14.5. The second-order valence-corrected chi connectivity index (χ2v) is 3.30. The molecule has 0 aromatic heterocycles. The van der Waals surface area contributed by atoms with Crippen molar-refractivity contribution in [1.82, 2.24) is 0 Å². The molecule has 0 aliphatic heterocycles. The number of hydrogen-bond donors (Lipinski definition) is 1. The number of nitrogens with two attached hydrogens (primary N) is 1. The van der Waals surface area contributed by atoms with Crippen molar-refractivity contribution in [1.29, 1.82) is 0 Å². The molecule has 2 unspecified atom stereocenters. The summed E-state index contributed by atoms with van der Waals surface area (Å²) in [4.78, 5) is 10.9. The lowest BCUT2D eigenvalue weighted by atomic mass is 10.0. The lowest BCUT2D eigenvalue weighted by Gasteiger charge is -2.20. The van der Waals surface area contributed by atoms with Gasteiger partial charge in [0, 0.05) is 13.0 Å². The fraction of sp³-hybridized carbons (Fsp3) is 0.364. The van der Waals surface area contributed by atoms with Gasteiger partial charge in [-0.15, -0.1) is 0 Å². The van der Waals surface area contributed by atoms with Crippen molar-refractivity contribution in [2.75, 3.05) is 0 Å². The summed E-state index contributed by atoms with van der Waals surface area (Å²) < 4.78 is 5.13. The van der Waals surface area contributed by atoms with Gasteiger partial charge in [-0.3, -0.25) is 4.79 Å². The molecule has 0 saturated heterocycles. The number of rotatable bonds is 3. The molecule has 2 N–H and O–H groups in total. The van der Waals surface area contributed by atoms with Crippen LogP contribution < -0.4 is 5.73 Å². The van der Waals surface area contributed by atoms with Crippen LogP contribution >= 0.6 is 0 Å². The molecule has 0 aliphatic carbocycles. The number of esters is 1. The maximum atomic E-state index is 10.9. The molecule has 0 bridgehead atoms. The minimum atomic E-state index is -0.353. The summed E-state index contributed by atoms with van der Waals surface area (Å²) in [6.07, 6.45) is -0.353. The van der Waals surface area contributed by atoms with Crippen molar-refractivity contribution >= 4 is 5.97 Å². The number of ether oxygens (including phenoxy) is 1. The van der Waals surface area contributed by atoms with E-state index in [1.807, 2.05) is 37.3 Å². The molecule has 0 radical (unpaired) electrons. The quantitative estimate of drug-likeness (QED) is 0.742. The van der Waals surface area contributed by atoms with E-state index in [0.29, 0.717) is 0 Å². The molecule has 0 heterocycles. The summed E-state index contributed by atoms with van der Waals surface area (Å²) in [5.74, 6) is -0.309. The Morgan fingerprint density at radius 3 is 2.36 bits per heavy atom.